The van der Waals surface area contributed by atoms with Gasteiger partial charge in [0.1, 0.15) is 4.88 Å². The summed E-state index contributed by atoms with van der Waals surface area (Å²) in [4.78, 5) is 20.5. The monoisotopic (exact) mass is 263 g/mol. The highest BCUT2D eigenvalue weighted by atomic mass is 32.1. The number of aromatic nitrogens is 2. The van der Waals surface area contributed by atoms with Gasteiger partial charge in [0.05, 0.1) is 11.4 Å². The SMILES string of the molecule is Cc1cnc(CNCc2ccc(C(=O)O)s2)cn1. The molecule has 2 aromatic heterocycles. The van der Waals surface area contributed by atoms with Crippen molar-refractivity contribution in [2.75, 3.05) is 0 Å². The fraction of sp³-hybridized carbons (Fsp3) is 0.250. The van der Waals surface area contributed by atoms with Crippen molar-refractivity contribution in [3.63, 3.8) is 0 Å². The smallest absolute Gasteiger partial charge is 0.345 e. The molecule has 0 aliphatic carbocycles. The number of hydrogen-bond donors (Lipinski definition) is 2. The van der Waals surface area contributed by atoms with Gasteiger partial charge in [-0.25, -0.2) is 4.79 Å². The van der Waals surface area contributed by atoms with Gasteiger partial charge in [-0.3, -0.25) is 9.97 Å². The zero-order chi connectivity index (χ0) is 13.0. The van der Waals surface area contributed by atoms with Crippen LogP contribution in [0.25, 0.3) is 0 Å². The Labute approximate surface area is 109 Å². The highest BCUT2D eigenvalue weighted by Crippen LogP contribution is 2.16. The molecular formula is C12H13N3O2S. The number of aromatic carboxylic acids is 1. The first-order valence-electron chi connectivity index (χ1n) is 5.45. The van der Waals surface area contributed by atoms with Crippen LogP contribution in [0.3, 0.4) is 0 Å². The Morgan fingerprint density at radius 1 is 1.33 bits per heavy atom. The van der Waals surface area contributed by atoms with Gasteiger partial charge >= 0.3 is 5.97 Å². The summed E-state index contributed by atoms with van der Waals surface area (Å²) in [5.41, 5.74) is 1.76. The minimum Gasteiger partial charge on any atom is -0.477 e. The molecule has 0 aromatic carbocycles. The number of nitrogens with one attached hydrogen (secondary N) is 1. The quantitative estimate of drug-likeness (QED) is 0.860. The molecule has 0 amide bonds. The largest absolute Gasteiger partial charge is 0.477 e. The van der Waals surface area contributed by atoms with Crippen molar-refractivity contribution in [2.24, 2.45) is 0 Å². The average Bonchev–Trinajstić information content (AvgIpc) is 2.81. The number of carbonyl (C=O) groups is 1. The van der Waals surface area contributed by atoms with E-state index < -0.39 is 5.97 Å². The van der Waals surface area contributed by atoms with Gasteiger partial charge in [-0.1, -0.05) is 0 Å². The minimum atomic E-state index is -0.879. The lowest BCUT2D eigenvalue weighted by molar-refractivity contribution is 0.0702. The summed E-state index contributed by atoms with van der Waals surface area (Å²) in [5.74, 6) is -0.879. The highest BCUT2D eigenvalue weighted by molar-refractivity contribution is 7.13. The van der Waals surface area contributed by atoms with E-state index in [2.05, 4.69) is 15.3 Å². The standard InChI is InChI=1S/C12H13N3O2S/c1-8-4-15-9(6-14-8)5-13-7-10-2-3-11(18-10)12(16)17/h2-4,6,13H,5,7H2,1H3,(H,16,17). The molecular weight excluding hydrogens is 250 g/mol. The first kappa shape index (κ1) is 12.7. The summed E-state index contributed by atoms with van der Waals surface area (Å²) in [6.45, 7) is 3.14. The Bertz CT molecular complexity index is 537. The molecule has 0 radical (unpaired) electrons. The van der Waals surface area contributed by atoms with E-state index in [1.54, 1.807) is 18.5 Å². The van der Waals surface area contributed by atoms with E-state index in [4.69, 9.17) is 5.11 Å². The van der Waals surface area contributed by atoms with Crippen LogP contribution in [0, 0.1) is 6.92 Å². The first-order valence-corrected chi connectivity index (χ1v) is 6.27. The van der Waals surface area contributed by atoms with Crippen LogP contribution in [0.15, 0.2) is 24.5 Å². The Kier molecular flexibility index (Phi) is 4.01. The fourth-order valence-electron chi connectivity index (χ4n) is 1.41. The van der Waals surface area contributed by atoms with Crippen molar-refractivity contribution < 1.29 is 9.90 Å². The van der Waals surface area contributed by atoms with Crippen LogP contribution in [0.1, 0.15) is 25.9 Å². The van der Waals surface area contributed by atoms with E-state index in [9.17, 15) is 4.79 Å². The topological polar surface area (TPSA) is 75.1 Å². The molecule has 6 heteroatoms. The van der Waals surface area contributed by atoms with Crippen molar-refractivity contribution in [3.8, 4) is 0 Å². The maximum absolute atomic E-state index is 10.7. The molecule has 5 nitrogen and oxygen atoms in total. The van der Waals surface area contributed by atoms with Crippen LogP contribution in [-0.4, -0.2) is 21.0 Å². The second kappa shape index (κ2) is 5.70. The molecule has 0 aliphatic rings. The molecule has 2 N–H and O–H groups in total. The molecule has 18 heavy (non-hydrogen) atoms. The van der Waals surface area contributed by atoms with Gasteiger partial charge in [0.25, 0.3) is 0 Å². The molecule has 0 aliphatic heterocycles. The summed E-state index contributed by atoms with van der Waals surface area (Å²) < 4.78 is 0. The third kappa shape index (κ3) is 3.35. The normalized spacial score (nSPS) is 10.5. The van der Waals surface area contributed by atoms with Crippen molar-refractivity contribution in [2.45, 2.75) is 20.0 Å². The number of rotatable bonds is 5. The van der Waals surface area contributed by atoms with Crippen molar-refractivity contribution >= 4 is 17.3 Å². The Morgan fingerprint density at radius 3 is 2.78 bits per heavy atom. The van der Waals surface area contributed by atoms with E-state index in [0.717, 1.165) is 16.3 Å². The van der Waals surface area contributed by atoms with Crippen LogP contribution in [0.2, 0.25) is 0 Å². The Hall–Kier alpha value is -1.79. The molecule has 0 unspecified atom stereocenters. The molecule has 0 saturated carbocycles. The second-order valence-corrected chi connectivity index (χ2v) is 4.99. The summed E-state index contributed by atoms with van der Waals surface area (Å²) in [6.07, 6.45) is 3.46. The van der Waals surface area contributed by atoms with Crippen LogP contribution in [0.4, 0.5) is 0 Å². The third-order valence-corrected chi connectivity index (χ3v) is 3.39. The third-order valence-electron chi connectivity index (χ3n) is 2.31. The Morgan fingerprint density at radius 2 is 2.17 bits per heavy atom. The van der Waals surface area contributed by atoms with E-state index in [-0.39, 0.29) is 0 Å². The molecule has 2 aromatic rings. The van der Waals surface area contributed by atoms with Gasteiger partial charge in [0.2, 0.25) is 0 Å². The number of carboxylic acids is 1. The Balaban J connectivity index is 1.84. The predicted molar refractivity (Wildman–Crippen MR) is 68.6 cm³/mol. The predicted octanol–water partition coefficient (Wildman–Crippen LogP) is 1.83. The number of nitrogens with zero attached hydrogens (tertiary/aromatic N) is 2. The summed E-state index contributed by atoms with van der Waals surface area (Å²) in [5, 5.41) is 12.0. The molecule has 2 heterocycles. The van der Waals surface area contributed by atoms with Gasteiger partial charge in [0.15, 0.2) is 0 Å². The molecule has 0 fully saturated rings. The molecule has 2 rings (SSSR count). The van der Waals surface area contributed by atoms with Gasteiger partial charge < -0.3 is 10.4 Å². The maximum atomic E-state index is 10.7. The van der Waals surface area contributed by atoms with Crippen LogP contribution in [-0.2, 0) is 13.1 Å². The van der Waals surface area contributed by atoms with Crippen molar-refractivity contribution in [1.29, 1.82) is 0 Å². The molecule has 0 saturated heterocycles. The van der Waals surface area contributed by atoms with Crippen LogP contribution < -0.4 is 5.32 Å². The average molecular weight is 263 g/mol. The zero-order valence-electron chi connectivity index (χ0n) is 9.88. The molecule has 0 atom stereocenters. The highest BCUT2D eigenvalue weighted by Gasteiger charge is 2.06. The van der Waals surface area contributed by atoms with Crippen molar-refractivity contribution in [1.82, 2.24) is 15.3 Å². The lowest BCUT2D eigenvalue weighted by Gasteiger charge is -2.02. The van der Waals surface area contributed by atoms with Crippen LogP contribution in [0.5, 0.6) is 0 Å². The van der Waals surface area contributed by atoms with E-state index >= 15 is 0 Å². The van der Waals surface area contributed by atoms with E-state index in [0.29, 0.717) is 18.0 Å². The van der Waals surface area contributed by atoms with Gasteiger partial charge in [-0.05, 0) is 19.1 Å². The lowest BCUT2D eigenvalue weighted by atomic mass is 10.4. The van der Waals surface area contributed by atoms with Gasteiger partial charge in [-0.15, -0.1) is 11.3 Å². The molecule has 94 valence electrons. The minimum absolute atomic E-state index is 0.363. The number of aryl methyl sites for hydroxylation is 1. The van der Waals surface area contributed by atoms with Gasteiger partial charge in [-0.2, -0.15) is 0 Å². The number of thiophene rings is 1. The zero-order valence-corrected chi connectivity index (χ0v) is 10.7. The summed E-state index contributed by atoms with van der Waals surface area (Å²) >= 11 is 1.28. The second-order valence-electron chi connectivity index (χ2n) is 3.82. The molecule has 0 spiro atoms. The van der Waals surface area contributed by atoms with Gasteiger partial charge in [0, 0.05) is 30.4 Å². The van der Waals surface area contributed by atoms with E-state index in [1.807, 2.05) is 13.0 Å². The van der Waals surface area contributed by atoms with Crippen LogP contribution >= 0.6 is 11.3 Å². The fourth-order valence-corrected chi connectivity index (χ4v) is 2.23. The maximum Gasteiger partial charge on any atom is 0.345 e. The van der Waals surface area contributed by atoms with E-state index in [1.165, 1.54) is 11.3 Å². The molecule has 0 bridgehead atoms. The van der Waals surface area contributed by atoms with Crippen molar-refractivity contribution in [3.05, 3.63) is 45.7 Å². The first-order chi connectivity index (χ1) is 8.65. The summed E-state index contributed by atoms with van der Waals surface area (Å²) in [6, 6.07) is 3.44. The summed E-state index contributed by atoms with van der Waals surface area (Å²) in [7, 11) is 0. The number of carboxylic acid groups (broad SMARTS) is 1. The number of hydrogen-bond acceptors (Lipinski definition) is 5. The lowest BCUT2D eigenvalue weighted by Crippen LogP contribution is -2.13.